The van der Waals surface area contributed by atoms with E-state index >= 15 is 0 Å². The zero-order chi connectivity index (χ0) is 33.9. The standard InChI is InChI=1S/C15H13F4NO6S2.CH2F2.CH3F.H2O3S.O3S/c1-3-4-5-6-7-8-9-10-13(28(23,24)25)20-27(21,22)12-26-11-15(18,19)14(2,16)17;2-1-3;1-2;2*1-4(2)3/h13,20H,11-12H2,1-2H3,(H,23,24,25);1H2;1H3;(H2,1,2,3);/p-1. The molecule has 0 aromatic heterocycles. The number of ether oxygens (including phenoxy) is 1. The van der Waals surface area contributed by atoms with Gasteiger partial charge < -0.3 is 13.8 Å². The molecule has 24 heteroatoms. The maximum atomic E-state index is 13.0. The average Bonchev–Trinajstić information content (AvgIpc) is 2.77. The molecule has 0 spiro atoms. The van der Waals surface area contributed by atoms with Crippen LogP contribution in [0.3, 0.4) is 0 Å². The number of sulfonamides is 1. The molecular formula is C17H19F7NO12S4-. The molecule has 0 aliphatic carbocycles. The van der Waals surface area contributed by atoms with Gasteiger partial charge in [0.2, 0.25) is 22.3 Å². The maximum absolute atomic E-state index is 13.0. The summed E-state index contributed by atoms with van der Waals surface area (Å²) in [6.45, 7) is -2.28. The predicted octanol–water partition coefficient (Wildman–Crippen LogP) is 0.221. The Labute approximate surface area is 234 Å². The first-order chi connectivity index (χ1) is 18.5. The van der Waals surface area contributed by atoms with Gasteiger partial charge in [0.25, 0.3) is 10.1 Å². The fourth-order valence-electron chi connectivity index (χ4n) is 1.06. The Bertz CT molecular complexity index is 1340. The Morgan fingerprint density at radius 1 is 0.927 bits per heavy atom. The topological polar surface area (TPSA) is 221 Å². The van der Waals surface area contributed by atoms with Crippen LogP contribution in [0.2, 0.25) is 0 Å². The minimum atomic E-state index is -5.09. The van der Waals surface area contributed by atoms with Crippen LogP contribution in [0.4, 0.5) is 30.7 Å². The van der Waals surface area contributed by atoms with Crippen molar-refractivity contribution in [1.29, 1.82) is 0 Å². The van der Waals surface area contributed by atoms with Crippen LogP contribution >= 0.6 is 0 Å². The molecule has 0 rings (SSSR count). The van der Waals surface area contributed by atoms with E-state index in [9.17, 15) is 47.6 Å². The molecule has 0 fully saturated rings. The van der Waals surface area contributed by atoms with E-state index in [2.05, 4.69) is 34.3 Å². The molecular weight excluding hydrogens is 671 g/mol. The number of alkyl halides is 7. The van der Waals surface area contributed by atoms with Crippen molar-refractivity contribution in [3.63, 3.8) is 0 Å². The minimum Gasteiger partial charge on any atom is -0.750 e. The molecule has 0 heterocycles. The van der Waals surface area contributed by atoms with E-state index < -0.39 is 78.8 Å². The van der Waals surface area contributed by atoms with Crippen LogP contribution in [0.25, 0.3) is 0 Å². The fourth-order valence-corrected chi connectivity index (χ4v) is 2.95. The lowest BCUT2D eigenvalue weighted by Crippen LogP contribution is -2.44. The fraction of sp³-hybridized carbons (Fsp3) is 0.529. The van der Waals surface area contributed by atoms with Gasteiger partial charge in [-0.3, -0.25) is 8.94 Å². The molecule has 13 nitrogen and oxygen atoms in total. The SMILES string of the molecule is CC#CC#CC#CC#CC(NS(=O)(=O)COCC(F)(F)C(C)(F)F)S(=O)(=O)O.CF.FCF.O=S(=O)=O.O=S([O-])O. The number of hydrogen-bond donors (Lipinski definition) is 3. The quantitative estimate of drug-likeness (QED) is 0.135. The lowest BCUT2D eigenvalue weighted by Gasteiger charge is -2.22. The highest BCUT2D eigenvalue weighted by Gasteiger charge is 2.52. The monoisotopic (exact) mass is 690 g/mol. The third-order valence-corrected chi connectivity index (χ3v) is 4.44. The Morgan fingerprint density at radius 2 is 1.27 bits per heavy atom. The second-order valence-electron chi connectivity index (χ2n) is 5.35. The molecule has 41 heavy (non-hydrogen) atoms. The normalized spacial score (nSPS) is 11.3. The lowest BCUT2D eigenvalue weighted by molar-refractivity contribution is -0.220. The van der Waals surface area contributed by atoms with Gasteiger partial charge >= 0.3 is 22.5 Å². The lowest BCUT2D eigenvalue weighted by atomic mass is 10.2. The molecule has 0 saturated carbocycles. The van der Waals surface area contributed by atoms with Crippen LogP contribution < -0.4 is 4.72 Å². The third kappa shape index (κ3) is 39.4. The van der Waals surface area contributed by atoms with Crippen molar-refractivity contribution in [1.82, 2.24) is 4.72 Å². The van der Waals surface area contributed by atoms with E-state index in [4.69, 9.17) is 30.5 Å². The van der Waals surface area contributed by atoms with Crippen LogP contribution in [0, 0.1) is 47.4 Å². The molecule has 0 aromatic carbocycles. The summed E-state index contributed by atoms with van der Waals surface area (Å²) in [6, 6.07) is 0. The molecule has 2 unspecified atom stereocenters. The Balaban J connectivity index is -0.000000278. The summed E-state index contributed by atoms with van der Waals surface area (Å²) >= 11 is -2.86. The van der Waals surface area contributed by atoms with Gasteiger partial charge in [-0.05, 0) is 48.4 Å². The molecule has 3 N–H and O–H groups in total. The van der Waals surface area contributed by atoms with Crippen LogP contribution in [0.15, 0.2) is 0 Å². The largest absolute Gasteiger partial charge is 0.750 e. The number of rotatable bonds is 8. The van der Waals surface area contributed by atoms with Crippen LogP contribution in [0.1, 0.15) is 13.8 Å². The molecule has 2 atom stereocenters. The molecule has 0 bridgehead atoms. The van der Waals surface area contributed by atoms with Crippen LogP contribution in [0.5, 0.6) is 0 Å². The van der Waals surface area contributed by atoms with E-state index in [1.165, 1.54) is 11.6 Å². The summed E-state index contributed by atoms with van der Waals surface area (Å²) < 4.78 is 189. The van der Waals surface area contributed by atoms with Gasteiger partial charge in [0.05, 0.1) is 18.5 Å². The Morgan fingerprint density at radius 3 is 1.59 bits per heavy atom. The van der Waals surface area contributed by atoms with Crippen molar-refractivity contribution in [3.05, 3.63) is 0 Å². The zero-order valence-electron chi connectivity index (χ0n) is 20.5. The summed E-state index contributed by atoms with van der Waals surface area (Å²) in [5, 5.41) is -2.41. The highest BCUT2D eigenvalue weighted by atomic mass is 32.2. The maximum Gasteiger partial charge on any atom is 0.425 e. The highest BCUT2D eigenvalue weighted by molar-refractivity contribution is 7.91. The van der Waals surface area contributed by atoms with Gasteiger partial charge in [-0.15, -0.1) is 12.6 Å². The van der Waals surface area contributed by atoms with E-state index in [0.29, 0.717) is 7.18 Å². The summed E-state index contributed by atoms with van der Waals surface area (Å²) in [6.07, 6.45) is 0. The van der Waals surface area contributed by atoms with E-state index in [1.54, 1.807) is 5.92 Å². The van der Waals surface area contributed by atoms with Gasteiger partial charge in [-0.1, -0.05) is 5.92 Å². The highest BCUT2D eigenvalue weighted by Crippen LogP contribution is 2.33. The summed E-state index contributed by atoms with van der Waals surface area (Å²) in [4.78, 5) is 0. The predicted molar refractivity (Wildman–Crippen MR) is 126 cm³/mol. The molecule has 0 amide bonds. The van der Waals surface area contributed by atoms with Crippen LogP contribution in [-0.4, -0.2) is 91.2 Å². The van der Waals surface area contributed by atoms with Crippen molar-refractivity contribution < 1.29 is 82.8 Å². The van der Waals surface area contributed by atoms with Gasteiger partial charge in [-0.25, -0.2) is 30.2 Å². The summed E-state index contributed by atoms with van der Waals surface area (Å²) in [5.41, 5.74) is 0. The molecule has 238 valence electrons. The molecule has 0 saturated heterocycles. The summed E-state index contributed by atoms with van der Waals surface area (Å²) in [7, 11) is -12.5. The Kier molecular flexibility index (Phi) is 30.6. The second kappa shape index (κ2) is 26.1. The summed E-state index contributed by atoms with van der Waals surface area (Å²) in [5.74, 6) is 6.36. The van der Waals surface area contributed by atoms with Crippen molar-refractivity contribution in [2.24, 2.45) is 0 Å². The average molecular weight is 691 g/mol. The molecule has 0 aliphatic heterocycles. The second-order valence-corrected chi connectivity index (χ2v) is 9.40. The van der Waals surface area contributed by atoms with Crippen molar-refractivity contribution in [2.75, 3.05) is 26.7 Å². The van der Waals surface area contributed by atoms with Crippen molar-refractivity contribution >= 4 is 42.1 Å². The number of hydrogen-bond acceptors (Lipinski definition) is 10. The van der Waals surface area contributed by atoms with Crippen LogP contribution in [-0.2, 0) is 46.8 Å². The van der Waals surface area contributed by atoms with Gasteiger partial charge in [0.15, 0.2) is 5.94 Å². The van der Waals surface area contributed by atoms with Crippen molar-refractivity contribution in [2.45, 2.75) is 31.1 Å². The third-order valence-electron chi connectivity index (χ3n) is 2.39. The number of nitrogens with one attached hydrogen (secondary N) is 1. The molecule has 0 aliphatic rings. The van der Waals surface area contributed by atoms with Gasteiger partial charge in [0, 0.05) is 6.92 Å². The Hall–Kier alpha value is -2.78. The van der Waals surface area contributed by atoms with Crippen molar-refractivity contribution in [3.8, 4) is 47.4 Å². The molecule has 0 aromatic rings. The van der Waals surface area contributed by atoms with E-state index in [1.807, 2.05) is 11.8 Å². The first-order valence-electron chi connectivity index (χ1n) is 8.77. The van der Waals surface area contributed by atoms with E-state index in [-0.39, 0.29) is 6.92 Å². The minimum absolute atomic E-state index is 0.0900. The smallest absolute Gasteiger partial charge is 0.425 e. The molecule has 0 radical (unpaired) electrons. The first kappa shape index (κ1) is 48.0. The van der Waals surface area contributed by atoms with Gasteiger partial charge in [0.1, 0.15) is 6.61 Å². The van der Waals surface area contributed by atoms with Gasteiger partial charge in [-0.2, -0.15) is 21.9 Å². The zero-order valence-corrected chi connectivity index (χ0v) is 23.7. The first-order valence-corrected chi connectivity index (χ1v) is 14.0. The van der Waals surface area contributed by atoms with E-state index in [0.717, 1.165) is 0 Å². The number of halogens is 7.